The number of aromatic nitrogens is 1. The van der Waals surface area contributed by atoms with Crippen LogP contribution in [-0.4, -0.2) is 4.98 Å². The molecule has 0 bridgehead atoms. The van der Waals surface area contributed by atoms with Crippen LogP contribution in [0.3, 0.4) is 0 Å². The molecule has 0 radical (unpaired) electrons. The standard InChI is InChI=1S/C14H13N3O/c15-12-5-6-13(11-4-1-7-16-14(11)12)17-9-10-3-2-8-18-10/h1-8,17H,9,15H2. The zero-order chi connectivity index (χ0) is 12.4. The minimum atomic E-state index is 0.640. The first-order chi connectivity index (χ1) is 8.84. The number of nitrogens with zero attached hydrogens (tertiary/aromatic N) is 1. The smallest absolute Gasteiger partial charge is 0.122 e. The van der Waals surface area contributed by atoms with Gasteiger partial charge >= 0.3 is 0 Å². The molecule has 0 saturated heterocycles. The van der Waals surface area contributed by atoms with Crippen LogP contribution in [0.4, 0.5) is 11.4 Å². The number of hydrogen-bond donors (Lipinski definition) is 2. The summed E-state index contributed by atoms with van der Waals surface area (Å²) in [6, 6.07) is 11.5. The number of nitrogens with one attached hydrogen (secondary N) is 1. The molecule has 90 valence electrons. The highest BCUT2D eigenvalue weighted by Crippen LogP contribution is 2.26. The molecule has 3 N–H and O–H groups in total. The highest BCUT2D eigenvalue weighted by molar-refractivity contribution is 5.98. The number of nitrogens with two attached hydrogens (primary N) is 1. The topological polar surface area (TPSA) is 64.1 Å². The van der Waals surface area contributed by atoms with Gasteiger partial charge in [-0.1, -0.05) is 0 Å². The summed E-state index contributed by atoms with van der Waals surface area (Å²) in [5.41, 5.74) is 8.42. The average molecular weight is 239 g/mol. The van der Waals surface area contributed by atoms with Crippen LogP contribution in [0.1, 0.15) is 5.76 Å². The van der Waals surface area contributed by atoms with Crippen LogP contribution in [0.25, 0.3) is 10.9 Å². The van der Waals surface area contributed by atoms with Crippen molar-refractivity contribution in [3.8, 4) is 0 Å². The molecule has 0 aliphatic carbocycles. The summed E-state index contributed by atoms with van der Waals surface area (Å²) in [4.78, 5) is 4.30. The lowest BCUT2D eigenvalue weighted by atomic mass is 10.1. The van der Waals surface area contributed by atoms with Crippen LogP contribution >= 0.6 is 0 Å². The van der Waals surface area contributed by atoms with Crippen LogP contribution < -0.4 is 11.1 Å². The number of nitrogen functional groups attached to an aromatic ring is 1. The van der Waals surface area contributed by atoms with E-state index in [2.05, 4.69) is 10.3 Å². The molecule has 2 aromatic heterocycles. The van der Waals surface area contributed by atoms with E-state index < -0.39 is 0 Å². The maximum absolute atomic E-state index is 5.91. The minimum Gasteiger partial charge on any atom is -0.467 e. The molecule has 0 fully saturated rings. The lowest BCUT2D eigenvalue weighted by Crippen LogP contribution is -2.00. The Kier molecular flexibility index (Phi) is 2.61. The van der Waals surface area contributed by atoms with Gasteiger partial charge in [0.25, 0.3) is 0 Å². The van der Waals surface area contributed by atoms with E-state index in [4.69, 9.17) is 10.2 Å². The summed E-state index contributed by atoms with van der Waals surface area (Å²) < 4.78 is 5.29. The molecule has 4 nitrogen and oxygen atoms in total. The molecule has 1 aromatic carbocycles. The van der Waals surface area contributed by atoms with Crippen molar-refractivity contribution in [1.29, 1.82) is 0 Å². The summed E-state index contributed by atoms with van der Waals surface area (Å²) in [5, 5.41) is 4.35. The molecule has 18 heavy (non-hydrogen) atoms. The van der Waals surface area contributed by atoms with Crippen LogP contribution in [0.15, 0.2) is 53.3 Å². The van der Waals surface area contributed by atoms with Crippen molar-refractivity contribution in [3.63, 3.8) is 0 Å². The van der Waals surface area contributed by atoms with Gasteiger partial charge in [0, 0.05) is 17.3 Å². The van der Waals surface area contributed by atoms with E-state index in [9.17, 15) is 0 Å². The van der Waals surface area contributed by atoms with Gasteiger partial charge in [-0.05, 0) is 36.4 Å². The molecule has 0 amide bonds. The Labute approximate surface area is 104 Å². The Bertz CT molecular complexity index is 662. The highest BCUT2D eigenvalue weighted by atomic mass is 16.3. The first-order valence-corrected chi connectivity index (χ1v) is 5.74. The fourth-order valence-corrected chi connectivity index (χ4v) is 1.94. The fraction of sp³-hybridized carbons (Fsp3) is 0.0714. The Hall–Kier alpha value is -2.49. The van der Waals surface area contributed by atoms with Gasteiger partial charge < -0.3 is 15.5 Å². The first kappa shape index (κ1) is 10.7. The van der Waals surface area contributed by atoms with E-state index in [0.717, 1.165) is 22.4 Å². The van der Waals surface area contributed by atoms with Gasteiger partial charge in [0.2, 0.25) is 0 Å². The lowest BCUT2D eigenvalue weighted by molar-refractivity contribution is 0.518. The third-order valence-electron chi connectivity index (χ3n) is 2.83. The van der Waals surface area contributed by atoms with Crippen molar-refractivity contribution in [3.05, 3.63) is 54.6 Å². The SMILES string of the molecule is Nc1ccc(NCc2ccco2)c2cccnc12. The number of anilines is 2. The van der Waals surface area contributed by atoms with Crippen LogP contribution in [0.5, 0.6) is 0 Å². The molecular weight excluding hydrogens is 226 g/mol. The number of hydrogen-bond acceptors (Lipinski definition) is 4. The number of rotatable bonds is 3. The maximum atomic E-state index is 5.91. The highest BCUT2D eigenvalue weighted by Gasteiger charge is 2.04. The summed E-state index contributed by atoms with van der Waals surface area (Å²) in [6.45, 7) is 0.640. The molecule has 0 aliphatic heterocycles. The minimum absolute atomic E-state index is 0.640. The predicted octanol–water partition coefficient (Wildman–Crippen LogP) is 3.02. The van der Waals surface area contributed by atoms with E-state index in [1.807, 2.05) is 36.4 Å². The average Bonchev–Trinajstić information content (AvgIpc) is 2.92. The number of benzene rings is 1. The summed E-state index contributed by atoms with van der Waals surface area (Å²) in [6.07, 6.45) is 3.41. The van der Waals surface area contributed by atoms with Gasteiger partial charge in [-0.15, -0.1) is 0 Å². The molecule has 2 heterocycles. The summed E-state index contributed by atoms with van der Waals surface area (Å²) >= 11 is 0. The van der Waals surface area contributed by atoms with Crippen molar-refractivity contribution in [2.75, 3.05) is 11.1 Å². The summed E-state index contributed by atoms with van der Waals surface area (Å²) in [5.74, 6) is 0.892. The Morgan fingerprint density at radius 1 is 1.17 bits per heavy atom. The summed E-state index contributed by atoms with van der Waals surface area (Å²) in [7, 11) is 0. The molecule has 3 rings (SSSR count). The predicted molar refractivity (Wildman–Crippen MR) is 72.2 cm³/mol. The van der Waals surface area contributed by atoms with Gasteiger partial charge in [-0.25, -0.2) is 0 Å². The molecule has 0 unspecified atom stereocenters. The quantitative estimate of drug-likeness (QED) is 0.689. The van der Waals surface area contributed by atoms with Crippen molar-refractivity contribution < 1.29 is 4.42 Å². The van der Waals surface area contributed by atoms with E-state index in [0.29, 0.717) is 12.2 Å². The van der Waals surface area contributed by atoms with E-state index in [-0.39, 0.29) is 0 Å². The molecule has 3 aromatic rings. The Morgan fingerprint density at radius 2 is 2.11 bits per heavy atom. The zero-order valence-electron chi connectivity index (χ0n) is 9.76. The second-order valence-corrected chi connectivity index (χ2v) is 4.03. The van der Waals surface area contributed by atoms with E-state index >= 15 is 0 Å². The second kappa shape index (κ2) is 4.41. The van der Waals surface area contributed by atoms with E-state index in [1.165, 1.54) is 0 Å². The largest absolute Gasteiger partial charge is 0.467 e. The van der Waals surface area contributed by atoms with Crippen molar-refractivity contribution >= 4 is 22.3 Å². The molecule has 0 atom stereocenters. The van der Waals surface area contributed by atoms with Crippen molar-refractivity contribution in [2.24, 2.45) is 0 Å². The second-order valence-electron chi connectivity index (χ2n) is 4.03. The van der Waals surface area contributed by atoms with Gasteiger partial charge in [0.15, 0.2) is 0 Å². The van der Waals surface area contributed by atoms with Gasteiger partial charge in [0.05, 0.1) is 24.0 Å². The fourth-order valence-electron chi connectivity index (χ4n) is 1.94. The zero-order valence-corrected chi connectivity index (χ0v) is 9.76. The molecular formula is C14H13N3O. The van der Waals surface area contributed by atoms with Gasteiger partial charge in [-0.2, -0.15) is 0 Å². The Morgan fingerprint density at radius 3 is 2.94 bits per heavy atom. The van der Waals surface area contributed by atoms with Crippen molar-refractivity contribution in [1.82, 2.24) is 4.98 Å². The van der Waals surface area contributed by atoms with E-state index in [1.54, 1.807) is 12.5 Å². The third-order valence-corrected chi connectivity index (χ3v) is 2.83. The monoisotopic (exact) mass is 239 g/mol. The Balaban J connectivity index is 1.94. The number of fused-ring (bicyclic) bond motifs is 1. The molecule has 0 saturated carbocycles. The van der Waals surface area contributed by atoms with Crippen molar-refractivity contribution in [2.45, 2.75) is 6.54 Å². The number of pyridine rings is 1. The van der Waals surface area contributed by atoms with Gasteiger partial charge in [0.1, 0.15) is 5.76 Å². The first-order valence-electron chi connectivity index (χ1n) is 5.74. The molecule has 0 aliphatic rings. The van der Waals surface area contributed by atoms with Gasteiger partial charge in [-0.3, -0.25) is 4.98 Å². The molecule has 0 spiro atoms. The lowest BCUT2D eigenvalue weighted by Gasteiger charge is -2.09. The van der Waals surface area contributed by atoms with Crippen LogP contribution in [0, 0.1) is 0 Å². The number of furan rings is 1. The normalized spacial score (nSPS) is 10.7. The molecule has 4 heteroatoms. The third kappa shape index (κ3) is 1.88. The maximum Gasteiger partial charge on any atom is 0.122 e. The van der Waals surface area contributed by atoms with Crippen LogP contribution in [-0.2, 0) is 6.54 Å². The van der Waals surface area contributed by atoms with Crippen LogP contribution in [0.2, 0.25) is 0 Å².